The van der Waals surface area contributed by atoms with Crippen molar-refractivity contribution >= 4 is 17.4 Å². The zero-order valence-electron chi connectivity index (χ0n) is 12.3. The van der Waals surface area contributed by atoms with Crippen molar-refractivity contribution in [2.75, 3.05) is 11.4 Å². The van der Waals surface area contributed by atoms with E-state index in [4.69, 9.17) is 4.74 Å². The smallest absolute Gasteiger partial charge is 0.268 e. The van der Waals surface area contributed by atoms with Crippen molar-refractivity contribution in [1.29, 1.82) is 0 Å². The van der Waals surface area contributed by atoms with Gasteiger partial charge in [0.15, 0.2) is 11.9 Å². The third-order valence-electron chi connectivity index (χ3n) is 3.52. The number of carbonyl (C=O) groups is 2. The number of benzene rings is 1. The number of Topliss-reactive ketones (excluding diaryl/α,β-unsaturated/α-hetero) is 1. The Morgan fingerprint density at radius 3 is 2.65 bits per heavy atom. The summed E-state index contributed by atoms with van der Waals surface area (Å²) in [6, 6.07) is 5.36. The van der Waals surface area contributed by atoms with Gasteiger partial charge in [-0.25, -0.2) is 0 Å². The van der Waals surface area contributed by atoms with Gasteiger partial charge in [0, 0.05) is 18.5 Å². The number of amides is 1. The van der Waals surface area contributed by atoms with Crippen LogP contribution in [0.25, 0.3) is 0 Å². The number of anilines is 1. The normalized spacial score (nSPS) is 17.6. The predicted octanol–water partition coefficient (Wildman–Crippen LogP) is 3.19. The largest absolute Gasteiger partial charge is 0.478 e. The number of hydrogen-bond donors (Lipinski definition) is 0. The van der Waals surface area contributed by atoms with Crippen LogP contribution in [0.4, 0.5) is 5.69 Å². The minimum absolute atomic E-state index is 0.0112. The average Bonchev–Trinajstić information content (AvgIpc) is 2.48. The van der Waals surface area contributed by atoms with Gasteiger partial charge in [-0.1, -0.05) is 20.8 Å². The molecule has 0 radical (unpaired) electrons. The minimum atomic E-state index is -0.415. The molecule has 1 amide bonds. The molecule has 0 fully saturated rings. The zero-order chi connectivity index (χ0) is 14.7. The molecule has 0 aromatic heterocycles. The number of fused-ring (bicyclic) bond motifs is 1. The van der Waals surface area contributed by atoms with Gasteiger partial charge in [0.25, 0.3) is 5.91 Å². The SMILES string of the molecule is CCCN1C(=O)C(CC)Oc2ccc(C(=O)CC)cc21. The summed E-state index contributed by atoms with van der Waals surface area (Å²) in [7, 11) is 0. The molecule has 108 valence electrons. The lowest BCUT2D eigenvalue weighted by Gasteiger charge is -2.34. The van der Waals surface area contributed by atoms with Crippen LogP contribution in [0.3, 0.4) is 0 Å². The summed E-state index contributed by atoms with van der Waals surface area (Å²) in [5.74, 6) is 0.759. The van der Waals surface area contributed by atoms with Gasteiger partial charge in [0.05, 0.1) is 5.69 Å². The van der Waals surface area contributed by atoms with Crippen molar-refractivity contribution in [2.24, 2.45) is 0 Å². The molecule has 0 saturated carbocycles. The standard InChI is InChI=1S/C16H21NO3/c1-4-9-17-12-10-11(13(18)5-2)7-8-15(12)20-14(6-3)16(17)19/h7-8,10,14H,4-6,9H2,1-3H3. The second-order valence-electron chi connectivity index (χ2n) is 4.96. The first-order valence-corrected chi connectivity index (χ1v) is 7.27. The molecule has 4 nitrogen and oxygen atoms in total. The van der Waals surface area contributed by atoms with Crippen LogP contribution >= 0.6 is 0 Å². The lowest BCUT2D eigenvalue weighted by atomic mass is 10.0. The van der Waals surface area contributed by atoms with E-state index in [1.165, 1.54) is 0 Å². The highest BCUT2D eigenvalue weighted by atomic mass is 16.5. The highest BCUT2D eigenvalue weighted by Crippen LogP contribution is 2.35. The van der Waals surface area contributed by atoms with Crippen molar-refractivity contribution in [1.82, 2.24) is 0 Å². The number of nitrogens with zero attached hydrogens (tertiary/aromatic N) is 1. The van der Waals surface area contributed by atoms with Crippen LogP contribution in [0.15, 0.2) is 18.2 Å². The molecular formula is C16H21NO3. The van der Waals surface area contributed by atoms with Crippen LogP contribution in [-0.4, -0.2) is 24.3 Å². The van der Waals surface area contributed by atoms with Crippen LogP contribution in [0.2, 0.25) is 0 Å². The maximum Gasteiger partial charge on any atom is 0.268 e. The second kappa shape index (κ2) is 6.07. The fourth-order valence-electron chi connectivity index (χ4n) is 2.41. The number of ketones is 1. The van der Waals surface area contributed by atoms with Crippen molar-refractivity contribution < 1.29 is 14.3 Å². The van der Waals surface area contributed by atoms with Crippen LogP contribution < -0.4 is 9.64 Å². The van der Waals surface area contributed by atoms with Crippen molar-refractivity contribution in [3.05, 3.63) is 23.8 Å². The van der Waals surface area contributed by atoms with E-state index in [0.29, 0.717) is 30.7 Å². The highest BCUT2D eigenvalue weighted by molar-refractivity contribution is 6.03. The molecule has 0 N–H and O–H groups in total. The van der Waals surface area contributed by atoms with Crippen molar-refractivity contribution in [3.8, 4) is 5.75 Å². The number of ether oxygens (including phenoxy) is 1. The summed E-state index contributed by atoms with van der Waals surface area (Å²) in [6.45, 7) is 6.45. The molecule has 4 heteroatoms. The highest BCUT2D eigenvalue weighted by Gasteiger charge is 2.33. The molecule has 1 aromatic carbocycles. The van der Waals surface area contributed by atoms with Crippen LogP contribution in [0, 0.1) is 0 Å². The molecule has 1 atom stereocenters. The minimum Gasteiger partial charge on any atom is -0.478 e. The molecule has 0 bridgehead atoms. The van der Waals surface area contributed by atoms with E-state index in [1.54, 1.807) is 23.1 Å². The maximum absolute atomic E-state index is 12.4. The van der Waals surface area contributed by atoms with Gasteiger partial charge >= 0.3 is 0 Å². The molecule has 20 heavy (non-hydrogen) atoms. The van der Waals surface area contributed by atoms with Gasteiger partial charge in [-0.05, 0) is 31.0 Å². The summed E-state index contributed by atoms with van der Waals surface area (Å²) in [5.41, 5.74) is 1.36. The first kappa shape index (κ1) is 14.6. The van der Waals surface area contributed by atoms with Crippen LogP contribution in [-0.2, 0) is 4.79 Å². The van der Waals surface area contributed by atoms with Gasteiger partial charge in [0.1, 0.15) is 5.75 Å². The van der Waals surface area contributed by atoms with E-state index < -0.39 is 6.10 Å². The van der Waals surface area contributed by atoms with Gasteiger partial charge in [-0.15, -0.1) is 0 Å². The van der Waals surface area contributed by atoms with Gasteiger partial charge < -0.3 is 9.64 Å². The first-order valence-electron chi connectivity index (χ1n) is 7.27. The molecule has 1 heterocycles. The Bertz CT molecular complexity index is 524. The number of carbonyl (C=O) groups excluding carboxylic acids is 2. The third-order valence-corrected chi connectivity index (χ3v) is 3.52. The summed E-state index contributed by atoms with van der Waals surface area (Å²) in [4.78, 5) is 25.9. The molecule has 1 aliphatic rings. The van der Waals surface area contributed by atoms with Crippen LogP contribution in [0.1, 0.15) is 50.4 Å². The second-order valence-corrected chi connectivity index (χ2v) is 4.96. The van der Waals surface area contributed by atoms with Gasteiger partial charge in [0.2, 0.25) is 0 Å². The summed E-state index contributed by atoms with van der Waals surface area (Å²) in [5, 5.41) is 0. The molecular weight excluding hydrogens is 254 g/mol. The first-order chi connectivity index (χ1) is 9.62. The number of hydrogen-bond acceptors (Lipinski definition) is 3. The molecule has 0 aliphatic carbocycles. The van der Waals surface area contributed by atoms with E-state index in [-0.39, 0.29) is 11.7 Å². The van der Waals surface area contributed by atoms with E-state index in [9.17, 15) is 9.59 Å². The Balaban J connectivity index is 2.44. The van der Waals surface area contributed by atoms with Gasteiger partial charge in [-0.3, -0.25) is 9.59 Å². The van der Waals surface area contributed by atoms with E-state index in [2.05, 4.69) is 0 Å². The fraction of sp³-hybridized carbons (Fsp3) is 0.500. The Hall–Kier alpha value is -1.84. The Morgan fingerprint density at radius 1 is 1.30 bits per heavy atom. The van der Waals surface area contributed by atoms with Crippen molar-refractivity contribution in [3.63, 3.8) is 0 Å². The molecule has 1 aromatic rings. The topological polar surface area (TPSA) is 46.6 Å². The summed E-state index contributed by atoms with van der Waals surface area (Å²) < 4.78 is 5.74. The van der Waals surface area contributed by atoms with Crippen molar-refractivity contribution in [2.45, 2.75) is 46.1 Å². The molecule has 0 spiro atoms. The predicted molar refractivity (Wildman–Crippen MR) is 78.4 cm³/mol. The fourth-order valence-corrected chi connectivity index (χ4v) is 2.41. The number of rotatable bonds is 5. The molecule has 0 saturated heterocycles. The third kappa shape index (κ3) is 2.55. The van der Waals surface area contributed by atoms with E-state index in [1.807, 2.05) is 20.8 Å². The molecule has 1 aliphatic heterocycles. The summed E-state index contributed by atoms with van der Waals surface area (Å²) >= 11 is 0. The Morgan fingerprint density at radius 2 is 2.05 bits per heavy atom. The average molecular weight is 275 g/mol. The van der Waals surface area contributed by atoms with E-state index in [0.717, 1.165) is 12.1 Å². The monoisotopic (exact) mass is 275 g/mol. The zero-order valence-corrected chi connectivity index (χ0v) is 12.3. The maximum atomic E-state index is 12.4. The molecule has 1 unspecified atom stereocenters. The Labute approximate surface area is 119 Å². The molecule has 2 rings (SSSR count). The summed E-state index contributed by atoms with van der Waals surface area (Å²) in [6.07, 6.45) is 1.56. The quantitative estimate of drug-likeness (QED) is 0.775. The van der Waals surface area contributed by atoms with Crippen LogP contribution in [0.5, 0.6) is 5.75 Å². The lowest BCUT2D eigenvalue weighted by Crippen LogP contribution is -2.46. The Kier molecular flexibility index (Phi) is 4.42. The van der Waals surface area contributed by atoms with Gasteiger partial charge in [-0.2, -0.15) is 0 Å². The van der Waals surface area contributed by atoms with E-state index >= 15 is 0 Å². The lowest BCUT2D eigenvalue weighted by molar-refractivity contribution is -0.126.